The van der Waals surface area contributed by atoms with Crippen molar-refractivity contribution < 1.29 is 10.2 Å². The standard InChI is InChI=1S/C13H26O2/c1-4-10(6-5-9(2)3)11-7-12(14)13(15)8-11/h9-15H,4-8H2,1-3H3. The number of hydrogen-bond donors (Lipinski definition) is 2. The molecular formula is C13H26O2. The van der Waals surface area contributed by atoms with E-state index >= 15 is 0 Å². The van der Waals surface area contributed by atoms with Crippen LogP contribution >= 0.6 is 0 Å². The van der Waals surface area contributed by atoms with E-state index in [4.69, 9.17) is 0 Å². The zero-order valence-electron chi connectivity index (χ0n) is 10.3. The molecule has 0 aromatic heterocycles. The largest absolute Gasteiger partial charge is 0.390 e. The maximum absolute atomic E-state index is 9.54. The molecule has 1 saturated carbocycles. The summed E-state index contributed by atoms with van der Waals surface area (Å²) in [7, 11) is 0. The molecule has 2 nitrogen and oxygen atoms in total. The normalized spacial score (nSPS) is 33.6. The Kier molecular flexibility index (Phi) is 5.07. The summed E-state index contributed by atoms with van der Waals surface area (Å²) in [4.78, 5) is 0. The van der Waals surface area contributed by atoms with E-state index in [-0.39, 0.29) is 0 Å². The molecule has 0 heterocycles. The van der Waals surface area contributed by atoms with E-state index in [0.717, 1.165) is 18.8 Å². The first-order valence-corrected chi connectivity index (χ1v) is 6.40. The van der Waals surface area contributed by atoms with Crippen LogP contribution in [0.1, 0.15) is 52.9 Å². The molecule has 0 bridgehead atoms. The van der Waals surface area contributed by atoms with Crippen LogP contribution in [0, 0.1) is 17.8 Å². The summed E-state index contributed by atoms with van der Waals surface area (Å²) >= 11 is 0. The molecule has 0 spiro atoms. The topological polar surface area (TPSA) is 40.5 Å². The van der Waals surface area contributed by atoms with Crippen LogP contribution in [0.4, 0.5) is 0 Å². The lowest BCUT2D eigenvalue weighted by Gasteiger charge is -2.22. The van der Waals surface area contributed by atoms with Crippen molar-refractivity contribution in [1.29, 1.82) is 0 Å². The van der Waals surface area contributed by atoms with E-state index in [1.165, 1.54) is 19.3 Å². The Labute approximate surface area is 93.7 Å². The minimum absolute atomic E-state index is 0.469. The molecule has 1 fully saturated rings. The van der Waals surface area contributed by atoms with Crippen LogP contribution in [0.15, 0.2) is 0 Å². The highest BCUT2D eigenvalue weighted by Gasteiger charge is 2.35. The van der Waals surface area contributed by atoms with Gasteiger partial charge in [0.1, 0.15) is 0 Å². The molecule has 0 aromatic rings. The molecule has 3 unspecified atom stereocenters. The van der Waals surface area contributed by atoms with Crippen molar-refractivity contribution in [1.82, 2.24) is 0 Å². The van der Waals surface area contributed by atoms with Gasteiger partial charge in [-0.1, -0.05) is 33.6 Å². The molecule has 0 aromatic carbocycles. The van der Waals surface area contributed by atoms with Crippen LogP contribution in [0.5, 0.6) is 0 Å². The smallest absolute Gasteiger partial charge is 0.0802 e. The molecular weight excluding hydrogens is 188 g/mol. The summed E-state index contributed by atoms with van der Waals surface area (Å²) in [6.45, 7) is 6.73. The van der Waals surface area contributed by atoms with Gasteiger partial charge in [-0.25, -0.2) is 0 Å². The first kappa shape index (κ1) is 13.0. The molecule has 90 valence electrons. The van der Waals surface area contributed by atoms with Gasteiger partial charge in [0.05, 0.1) is 12.2 Å². The average Bonchev–Trinajstić information content (AvgIpc) is 2.47. The second kappa shape index (κ2) is 5.86. The highest BCUT2D eigenvalue weighted by molar-refractivity contribution is 4.86. The highest BCUT2D eigenvalue weighted by Crippen LogP contribution is 2.36. The maximum atomic E-state index is 9.54. The molecule has 1 rings (SSSR count). The van der Waals surface area contributed by atoms with Crippen LogP contribution in [0.25, 0.3) is 0 Å². The predicted octanol–water partition coefficient (Wildman–Crippen LogP) is 2.58. The van der Waals surface area contributed by atoms with Crippen LogP contribution in [-0.4, -0.2) is 22.4 Å². The number of aliphatic hydroxyl groups excluding tert-OH is 2. The van der Waals surface area contributed by atoms with Gasteiger partial charge in [0, 0.05) is 0 Å². The molecule has 2 heteroatoms. The molecule has 2 N–H and O–H groups in total. The fraction of sp³-hybridized carbons (Fsp3) is 1.00. The summed E-state index contributed by atoms with van der Waals surface area (Å²) in [5.41, 5.74) is 0. The molecule has 1 aliphatic carbocycles. The fourth-order valence-electron chi connectivity index (χ4n) is 2.74. The summed E-state index contributed by atoms with van der Waals surface area (Å²) in [6.07, 6.45) is 4.36. The van der Waals surface area contributed by atoms with Crippen molar-refractivity contribution >= 4 is 0 Å². The van der Waals surface area contributed by atoms with E-state index in [1.54, 1.807) is 0 Å². The van der Waals surface area contributed by atoms with E-state index in [2.05, 4.69) is 20.8 Å². The van der Waals surface area contributed by atoms with Crippen LogP contribution in [0.2, 0.25) is 0 Å². The van der Waals surface area contributed by atoms with Crippen molar-refractivity contribution in [3.8, 4) is 0 Å². The maximum Gasteiger partial charge on any atom is 0.0802 e. The quantitative estimate of drug-likeness (QED) is 0.738. The van der Waals surface area contributed by atoms with Gasteiger partial charge < -0.3 is 10.2 Å². The van der Waals surface area contributed by atoms with Crippen LogP contribution < -0.4 is 0 Å². The van der Waals surface area contributed by atoms with E-state index in [9.17, 15) is 10.2 Å². The molecule has 0 aliphatic heterocycles. The average molecular weight is 214 g/mol. The predicted molar refractivity (Wildman–Crippen MR) is 62.6 cm³/mol. The Morgan fingerprint density at radius 3 is 2.00 bits per heavy atom. The fourth-order valence-corrected chi connectivity index (χ4v) is 2.74. The second-order valence-electron chi connectivity index (χ2n) is 5.51. The lowest BCUT2D eigenvalue weighted by molar-refractivity contribution is 0.0438. The van der Waals surface area contributed by atoms with Gasteiger partial charge in [-0.3, -0.25) is 0 Å². The summed E-state index contributed by atoms with van der Waals surface area (Å²) in [5, 5.41) is 19.1. The van der Waals surface area contributed by atoms with Gasteiger partial charge >= 0.3 is 0 Å². The number of hydrogen-bond acceptors (Lipinski definition) is 2. The minimum Gasteiger partial charge on any atom is -0.390 e. The Bertz CT molecular complexity index is 169. The van der Waals surface area contributed by atoms with Crippen molar-refractivity contribution in [2.45, 2.75) is 65.1 Å². The Balaban J connectivity index is 2.38. The molecule has 0 saturated heterocycles. The van der Waals surface area contributed by atoms with Gasteiger partial charge in [0.25, 0.3) is 0 Å². The molecule has 1 aliphatic rings. The third-order valence-corrected chi connectivity index (χ3v) is 3.84. The van der Waals surface area contributed by atoms with Crippen molar-refractivity contribution in [3.05, 3.63) is 0 Å². The summed E-state index contributed by atoms with van der Waals surface area (Å²) in [6, 6.07) is 0. The zero-order valence-corrected chi connectivity index (χ0v) is 10.3. The minimum atomic E-state index is -0.469. The number of rotatable bonds is 5. The van der Waals surface area contributed by atoms with Crippen LogP contribution in [0.3, 0.4) is 0 Å². The highest BCUT2D eigenvalue weighted by atomic mass is 16.3. The molecule has 0 radical (unpaired) electrons. The van der Waals surface area contributed by atoms with E-state index < -0.39 is 12.2 Å². The van der Waals surface area contributed by atoms with Gasteiger partial charge in [-0.05, 0) is 37.0 Å². The first-order chi connectivity index (χ1) is 7.04. The third kappa shape index (κ3) is 3.76. The first-order valence-electron chi connectivity index (χ1n) is 6.40. The zero-order chi connectivity index (χ0) is 11.4. The van der Waals surface area contributed by atoms with Crippen LogP contribution in [-0.2, 0) is 0 Å². The summed E-state index contributed by atoms with van der Waals surface area (Å²) in [5.74, 6) is 1.99. The lowest BCUT2D eigenvalue weighted by Crippen LogP contribution is -2.17. The second-order valence-corrected chi connectivity index (χ2v) is 5.51. The lowest BCUT2D eigenvalue weighted by atomic mass is 9.83. The third-order valence-electron chi connectivity index (χ3n) is 3.84. The monoisotopic (exact) mass is 214 g/mol. The Hall–Kier alpha value is -0.0800. The van der Waals surface area contributed by atoms with E-state index in [1.807, 2.05) is 0 Å². The SMILES string of the molecule is CCC(CCC(C)C)C1CC(O)C(O)C1. The molecule has 0 amide bonds. The van der Waals surface area contributed by atoms with Gasteiger partial charge in [0.15, 0.2) is 0 Å². The Morgan fingerprint density at radius 1 is 1.07 bits per heavy atom. The van der Waals surface area contributed by atoms with Crippen molar-refractivity contribution in [3.63, 3.8) is 0 Å². The number of aliphatic hydroxyl groups is 2. The van der Waals surface area contributed by atoms with Crippen molar-refractivity contribution in [2.75, 3.05) is 0 Å². The van der Waals surface area contributed by atoms with Gasteiger partial charge in [-0.2, -0.15) is 0 Å². The van der Waals surface area contributed by atoms with Crippen molar-refractivity contribution in [2.24, 2.45) is 17.8 Å². The van der Waals surface area contributed by atoms with E-state index in [0.29, 0.717) is 11.8 Å². The van der Waals surface area contributed by atoms with Gasteiger partial charge in [-0.15, -0.1) is 0 Å². The molecule has 15 heavy (non-hydrogen) atoms. The Morgan fingerprint density at radius 2 is 1.60 bits per heavy atom. The molecule has 3 atom stereocenters. The summed E-state index contributed by atoms with van der Waals surface area (Å²) < 4.78 is 0. The van der Waals surface area contributed by atoms with Gasteiger partial charge in [0.2, 0.25) is 0 Å².